The van der Waals surface area contributed by atoms with Crippen molar-refractivity contribution in [3.63, 3.8) is 0 Å². The Morgan fingerprint density at radius 2 is 2.04 bits per heavy atom. The topological polar surface area (TPSA) is 65.7 Å². The Kier molecular flexibility index (Phi) is 3.76. The quantitative estimate of drug-likeness (QED) is 0.540. The summed E-state index contributed by atoms with van der Waals surface area (Å²) in [5.41, 5.74) is 2.54. The number of ether oxygens (including phenoxy) is 2. The van der Waals surface area contributed by atoms with E-state index in [2.05, 4.69) is 0 Å². The average Bonchev–Trinajstić information content (AvgIpc) is 3.06. The SMILES string of the molecule is Cc1cc(=O)oc2cc(OCC(=O)c3ccc4c(c3)CCO4)ccc12. The van der Waals surface area contributed by atoms with Crippen LogP contribution in [0.15, 0.2) is 51.7 Å². The van der Waals surface area contributed by atoms with E-state index in [0.29, 0.717) is 23.5 Å². The lowest BCUT2D eigenvalue weighted by Crippen LogP contribution is -2.11. The molecule has 0 unspecified atom stereocenters. The number of ketones is 1. The predicted molar refractivity (Wildman–Crippen MR) is 92.7 cm³/mol. The standard InChI is InChI=1S/C20H16O5/c1-12-8-20(22)25-19-10-15(3-4-16(12)19)24-11-17(21)13-2-5-18-14(9-13)6-7-23-18/h2-5,8-10H,6-7,11H2,1H3. The van der Waals surface area contributed by atoms with Gasteiger partial charge in [-0.25, -0.2) is 4.79 Å². The third-order valence-corrected chi connectivity index (χ3v) is 4.30. The maximum Gasteiger partial charge on any atom is 0.336 e. The van der Waals surface area contributed by atoms with Gasteiger partial charge in [-0.15, -0.1) is 0 Å². The first-order valence-corrected chi connectivity index (χ1v) is 8.06. The lowest BCUT2D eigenvalue weighted by Gasteiger charge is -2.08. The van der Waals surface area contributed by atoms with Crippen LogP contribution in [0, 0.1) is 6.92 Å². The van der Waals surface area contributed by atoms with Crippen LogP contribution in [-0.4, -0.2) is 19.0 Å². The number of fused-ring (bicyclic) bond motifs is 2. The fourth-order valence-electron chi connectivity index (χ4n) is 2.99. The monoisotopic (exact) mass is 336 g/mol. The van der Waals surface area contributed by atoms with E-state index in [1.165, 1.54) is 6.07 Å². The zero-order valence-electron chi connectivity index (χ0n) is 13.7. The molecule has 1 aliphatic heterocycles. The van der Waals surface area contributed by atoms with Crippen molar-refractivity contribution in [2.45, 2.75) is 13.3 Å². The fourth-order valence-corrected chi connectivity index (χ4v) is 2.99. The van der Waals surface area contributed by atoms with Gasteiger partial charge in [0.2, 0.25) is 0 Å². The molecule has 0 amide bonds. The van der Waals surface area contributed by atoms with Crippen molar-refractivity contribution < 1.29 is 18.7 Å². The van der Waals surface area contributed by atoms with Crippen LogP contribution in [0.1, 0.15) is 21.5 Å². The molecule has 4 rings (SSSR count). The van der Waals surface area contributed by atoms with E-state index in [1.807, 2.05) is 25.1 Å². The number of benzene rings is 2. The summed E-state index contributed by atoms with van der Waals surface area (Å²) in [6.45, 7) is 2.42. The number of Topliss-reactive ketones (excluding diaryl/α,β-unsaturated/α-hetero) is 1. The molecule has 0 saturated carbocycles. The van der Waals surface area contributed by atoms with Crippen LogP contribution < -0.4 is 15.1 Å². The summed E-state index contributed by atoms with van der Waals surface area (Å²) < 4.78 is 16.2. The Hall–Kier alpha value is -3.08. The Bertz CT molecular complexity index is 1030. The van der Waals surface area contributed by atoms with Gasteiger partial charge in [-0.05, 0) is 48.4 Å². The number of aryl methyl sites for hydroxylation is 1. The second kappa shape index (κ2) is 6.09. The van der Waals surface area contributed by atoms with Crippen LogP contribution in [0.4, 0.5) is 0 Å². The van der Waals surface area contributed by atoms with Gasteiger partial charge in [-0.3, -0.25) is 4.79 Å². The molecule has 2 aromatic carbocycles. The predicted octanol–water partition coefficient (Wildman–Crippen LogP) is 3.30. The molecule has 2 heterocycles. The van der Waals surface area contributed by atoms with Crippen LogP contribution in [-0.2, 0) is 6.42 Å². The number of carbonyl (C=O) groups is 1. The molecule has 0 spiro atoms. The van der Waals surface area contributed by atoms with Crippen molar-refractivity contribution in [3.05, 3.63) is 69.6 Å². The molecular formula is C20H16O5. The Balaban J connectivity index is 1.52. The van der Waals surface area contributed by atoms with Crippen LogP contribution in [0.25, 0.3) is 11.0 Å². The first-order valence-electron chi connectivity index (χ1n) is 8.06. The number of rotatable bonds is 4. The van der Waals surface area contributed by atoms with E-state index >= 15 is 0 Å². The van der Waals surface area contributed by atoms with Crippen molar-refractivity contribution in [3.8, 4) is 11.5 Å². The van der Waals surface area contributed by atoms with Gasteiger partial charge in [0, 0.05) is 29.5 Å². The summed E-state index contributed by atoms with van der Waals surface area (Å²) in [4.78, 5) is 23.8. The van der Waals surface area contributed by atoms with Gasteiger partial charge in [-0.1, -0.05) is 0 Å². The van der Waals surface area contributed by atoms with E-state index in [-0.39, 0.29) is 12.4 Å². The highest BCUT2D eigenvalue weighted by atomic mass is 16.5. The van der Waals surface area contributed by atoms with Gasteiger partial charge in [0.25, 0.3) is 0 Å². The minimum Gasteiger partial charge on any atom is -0.493 e. The van der Waals surface area contributed by atoms with E-state index in [9.17, 15) is 9.59 Å². The molecule has 0 radical (unpaired) electrons. The second-order valence-electron chi connectivity index (χ2n) is 6.04. The Morgan fingerprint density at radius 1 is 1.16 bits per heavy atom. The van der Waals surface area contributed by atoms with E-state index in [4.69, 9.17) is 13.9 Å². The molecule has 25 heavy (non-hydrogen) atoms. The first-order chi connectivity index (χ1) is 12.1. The third-order valence-electron chi connectivity index (χ3n) is 4.30. The molecule has 126 valence electrons. The third kappa shape index (κ3) is 3.01. The van der Waals surface area contributed by atoms with E-state index in [0.717, 1.165) is 28.7 Å². The summed E-state index contributed by atoms with van der Waals surface area (Å²) in [6.07, 6.45) is 0.820. The molecule has 0 atom stereocenters. The van der Waals surface area contributed by atoms with Crippen LogP contribution in [0.2, 0.25) is 0 Å². The normalized spacial score (nSPS) is 12.7. The summed E-state index contributed by atoms with van der Waals surface area (Å²) >= 11 is 0. The van der Waals surface area contributed by atoms with Crippen molar-refractivity contribution >= 4 is 16.8 Å². The van der Waals surface area contributed by atoms with Gasteiger partial charge in [0.15, 0.2) is 12.4 Å². The van der Waals surface area contributed by atoms with Crippen LogP contribution >= 0.6 is 0 Å². The van der Waals surface area contributed by atoms with Crippen LogP contribution in [0.5, 0.6) is 11.5 Å². The maximum absolute atomic E-state index is 12.4. The van der Waals surface area contributed by atoms with E-state index < -0.39 is 5.63 Å². The summed E-state index contributed by atoms with van der Waals surface area (Å²) in [5, 5.41) is 0.844. The van der Waals surface area contributed by atoms with E-state index in [1.54, 1.807) is 18.2 Å². The summed E-state index contributed by atoms with van der Waals surface area (Å²) in [5.74, 6) is 1.22. The molecular weight excluding hydrogens is 320 g/mol. The molecule has 0 N–H and O–H groups in total. The Morgan fingerprint density at radius 3 is 2.92 bits per heavy atom. The van der Waals surface area contributed by atoms with Gasteiger partial charge in [0.05, 0.1) is 6.61 Å². The average molecular weight is 336 g/mol. The molecule has 1 aliphatic rings. The van der Waals surface area contributed by atoms with Crippen molar-refractivity contribution in [1.29, 1.82) is 0 Å². The molecule has 5 nitrogen and oxygen atoms in total. The summed E-state index contributed by atoms with van der Waals surface area (Å²) in [7, 11) is 0. The van der Waals surface area contributed by atoms with Gasteiger partial charge < -0.3 is 13.9 Å². The highest BCUT2D eigenvalue weighted by Gasteiger charge is 2.15. The van der Waals surface area contributed by atoms with Gasteiger partial charge >= 0.3 is 5.63 Å². The highest BCUT2D eigenvalue weighted by molar-refractivity contribution is 5.97. The van der Waals surface area contributed by atoms with Crippen molar-refractivity contribution in [1.82, 2.24) is 0 Å². The van der Waals surface area contributed by atoms with Crippen molar-refractivity contribution in [2.24, 2.45) is 0 Å². The Labute approximate surface area is 143 Å². The lowest BCUT2D eigenvalue weighted by molar-refractivity contribution is 0.0921. The van der Waals surface area contributed by atoms with Gasteiger partial charge in [0.1, 0.15) is 17.1 Å². The van der Waals surface area contributed by atoms with Gasteiger partial charge in [-0.2, -0.15) is 0 Å². The molecule has 3 aromatic rings. The molecule has 0 saturated heterocycles. The number of hydrogen-bond donors (Lipinski definition) is 0. The highest BCUT2D eigenvalue weighted by Crippen LogP contribution is 2.26. The largest absolute Gasteiger partial charge is 0.493 e. The fraction of sp³-hybridized carbons (Fsp3) is 0.200. The molecule has 0 aliphatic carbocycles. The molecule has 5 heteroatoms. The maximum atomic E-state index is 12.4. The molecule has 0 bridgehead atoms. The molecule has 1 aromatic heterocycles. The minimum absolute atomic E-state index is 0.0821. The van der Waals surface area contributed by atoms with Crippen molar-refractivity contribution in [2.75, 3.05) is 13.2 Å². The lowest BCUT2D eigenvalue weighted by atomic mass is 10.1. The first kappa shape index (κ1) is 15.4. The number of carbonyl (C=O) groups excluding carboxylic acids is 1. The smallest absolute Gasteiger partial charge is 0.336 e. The van der Waals surface area contributed by atoms with Crippen LogP contribution in [0.3, 0.4) is 0 Å². The zero-order chi connectivity index (χ0) is 17.4. The molecule has 0 fully saturated rings. The zero-order valence-corrected chi connectivity index (χ0v) is 13.7. The summed E-state index contributed by atoms with van der Waals surface area (Å²) in [6, 6.07) is 12.1. The minimum atomic E-state index is -0.404. The number of hydrogen-bond acceptors (Lipinski definition) is 5. The second-order valence-corrected chi connectivity index (χ2v) is 6.04.